The fourth-order valence-corrected chi connectivity index (χ4v) is 26.2. The van der Waals surface area contributed by atoms with E-state index in [1.54, 1.807) is 11.1 Å². The van der Waals surface area contributed by atoms with E-state index < -0.39 is 5.41 Å². The molecule has 0 bridgehead atoms. The molecule has 2 aromatic heterocycles. The molecule has 0 aliphatic heterocycles. The number of furan rings is 2. The highest BCUT2D eigenvalue weighted by atomic mass is 16.3. The molecule has 5 aliphatic carbocycles. The first kappa shape index (κ1) is 90.4. The molecule has 2 heterocycles. The summed E-state index contributed by atoms with van der Waals surface area (Å²) in [5.74, 6) is 0. The maximum absolute atomic E-state index is 7.93. The SMILES string of the molecule is CCCCCCCCC1(CCCCCCCC)c2ccccc2-c2ccc(-c3ccc4c(c3)C(C)(C)c3cc(-c5ccc6c(c5)C(C)(C)c5cc(-c7ccc8c(c7)C7(c9ccccc9-8)c8cc(N(c9ccc(-c%10ccccc%10)cc9)c9ccc(C(C)(C)C)cc9)c9c(oc%10ccccc%109)c8-c8c7cc(N(c7ccc(-c9ccccc9)cc7)c7ccc(C(C)(C)C)cc7)c7oc9ccccc9c87)ccc5-6)ccc3-4)cc21. The summed E-state index contributed by atoms with van der Waals surface area (Å²) < 4.78 is 15.7. The van der Waals surface area contributed by atoms with Gasteiger partial charge >= 0.3 is 0 Å². The largest absolute Gasteiger partial charge is 0.455 e. The highest BCUT2D eigenvalue weighted by Gasteiger charge is 2.56. The van der Waals surface area contributed by atoms with Crippen LogP contribution in [0.2, 0.25) is 0 Å². The van der Waals surface area contributed by atoms with Crippen molar-refractivity contribution in [3.05, 3.63) is 443 Å². The summed E-state index contributed by atoms with van der Waals surface area (Å²) in [6.07, 6.45) is 18.2. The monoisotopic (exact) mass is 1870 g/mol. The molecule has 708 valence electrons. The summed E-state index contributed by atoms with van der Waals surface area (Å²) >= 11 is 0. The lowest BCUT2D eigenvalue weighted by molar-refractivity contribution is 0.398. The first-order valence-corrected chi connectivity index (χ1v) is 53.3. The van der Waals surface area contributed by atoms with Crippen LogP contribution in [0.25, 0.3) is 155 Å². The van der Waals surface area contributed by atoms with E-state index in [0.717, 1.165) is 123 Å². The highest BCUT2D eigenvalue weighted by Crippen LogP contribution is 2.70. The zero-order valence-electron chi connectivity index (χ0n) is 85.4. The quantitative estimate of drug-likeness (QED) is 0.0534. The van der Waals surface area contributed by atoms with Crippen LogP contribution >= 0.6 is 0 Å². The normalized spacial score (nSPS) is 15.0. The van der Waals surface area contributed by atoms with Gasteiger partial charge < -0.3 is 18.6 Å². The van der Waals surface area contributed by atoms with E-state index in [4.69, 9.17) is 8.83 Å². The minimum atomic E-state index is -1.02. The van der Waals surface area contributed by atoms with Gasteiger partial charge in [-0.2, -0.15) is 0 Å². The second-order valence-corrected chi connectivity index (χ2v) is 45.1. The third-order valence-corrected chi connectivity index (χ3v) is 33.8. The lowest BCUT2D eigenvalue weighted by atomic mass is 9.69. The first-order valence-electron chi connectivity index (χ1n) is 53.3. The van der Waals surface area contributed by atoms with Gasteiger partial charge in [0.25, 0.3) is 0 Å². The molecule has 4 heteroatoms. The van der Waals surface area contributed by atoms with Crippen LogP contribution in [0.15, 0.2) is 385 Å². The Balaban J connectivity index is 0.638. The Morgan fingerprint density at radius 1 is 0.236 bits per heavy atom. The zero-order chi connectivity index (χ0) is 97.9. The second kappa shape index (κ2) is 35.0. The summed E-state index contributed by atoms with van der Waals surface area (Å²) in [4.78, 5) is 5.00. The van der Waals surface area contributed by atoms with Crippen LogP contribution in [0, 0.1) is 0 Å². The molecule has 0 saturated carbocycles. The standard InChI is InChI=1S/C140H126N2O2/c1-13-15-17-19-21-37-79-139(80-38-22-20-18-16-14-2)115-47-33-29-43-105(115)111-77-59-97(85-121(111)139)95-57-75-109-107-73-55-93(81-117(107)137(9,10)119(109)83-95)94-56-74-108-110-76-58-96(84-120(110)138(11,12)118(108)82-94)98-60-78-112-106-44-30-34-48-116(106)140(122(112)86-98)123-88-126(142(104-71-63-100(64-72-104)136(6,7)8)102-67-53-92(54-68-102)90-41-27-24-28-42-90)133-130(114-46-32-36-50-128(114)143-133)131(123)132-124(140)87-125(129-113-45-31-35-49-127(113)144-134(129)132)141(103-69-61-99(62-70-103)135(3,4)5)101-65-51-91(52-66-101)89-39-25-23-26-40-89/h23-36,39-78,81-88H,13-22,37-38,79-80H2,1-12H3. The van der Waals surface area contributed by atoms with Crippen molar-refractivity contribution in [1.82, 2.24) is 0 Å². The predicted octanol–water partition coefficient (Wildman–Crippen LogP) is 40.1. The molecule has 18 aromatic carbocycles. The summed E-state index contributed by atoms with van der Waals surface area (Å²) in [5.41, 5.74) is 48.2. The molecular formula is C140H126N2O2. The highest BCUT2D eigenvalue weighted by molar-refractivity contribution is 6.27. The van der Waals surface area contributed by atoms with E-state index in [-0.39, 0.29) is 27.1 Å². The second-order valence-electron chi connectivity index (χ2n) is 45.1. The molecule has 5 aliphatic rings. The van der Waals surface area contributed by atoms with Crippen molar-refractivity contribution in [1.29, 1.82) is 0 Å². The average Bonchev–Trinajstić information content (AvgIpc) is 1.48. The van der Waals surface area contributed by atoms with Gasteiger partial charge in [0.05, 0.1) is 22.2 Å². The minimum Gasteiger partial charge on any atom is -0.455 e. The molecule has 1 unspecified atom stereocenters. The van der Waals surface area contributed by atoms with Gasteiger partial charge in [-0.3, -0.25) is 0 Å². The number of hydrogen-bond donors (Lipinski definition) is 0. The van der Waals surface area contributed by atoms with Crippen molar-refractivity contribution >= 4 is 78.0 Å². The number of unbranched alkanes of at least 4 members (excludes halogenated alkanes) is 10. The molecule has 144 heavy (non-hydrogen) atoms. The van der Waals surface area contributed by atoms with Crippen LogP contribution < -0.4 is 9.80 Å². The fourth-order valence-electron chi connectivity index (χ4n) is 26.2. The van der Waals surface area contributed by atoms with Crippen molar-refractivity contribution < 1.29 is 8.83 Å². The molecule has 0 N–H and O–H groups in total. The number of fused-ring (bicyclic) bond motifs is 27. The molecule has 1 spiro atoms. The molecule has 0 amide bonds. The molecule has 25 rings (SSSR count). The molecule has 0 fully saturated rings. The predicted molar refractivity (Wildman–Crippen MR) is 609 cm³/mol. The molecular weight excluding hydrogens is 1740 g/mol. The van der Waals surface area contributed by atoms with Crippen molar-refractivity contribution in [3.8, 4) is 111 Å². The van der Waals surface area contributed by atoms with Crippen molar-refractivity contribution in [2.24, 2.45) is 0 Å². The maximum Gasteiger partial charge on any atom is 0.160 e. The van der Waals surface area contributed by atoms with E-state index in [2.05, 4.69) is 469 Å². The van der Waals surface area contributed by atoms with Gasteiger partial charge in [-0.05, 0) is 300 Å². The van der Waals surface area contributed by atoms with Crippen LogP contribution in [0.4, 0.5) is 34.1 Å². The number of nitrogens with zero attached hydrogens (tertiary/aromatic N) is 2. The third-order valence-electron chi connectivity index (χ3n) is 33.8. The van der Waals surface area contributed by atoms with Crippen LogP contribution in [-0.4, -0.2) is 0 Å². The average molecular weight is 1870 g/mol. The van der Waals surface area contributed by atoms with E-state index >= 15 is 0 Å². The van der Waals surface area contributed by atoms with Gasteiger partial charge in [-0.25, -0.2) is 0 Å². The molecule has 0 radical (unpaired) electrons. The van der Waals surface area contributed by atoms with E-state index in [1.807, 2.05) is 0 Å². The Kier molecular flexibility index (Phi) is 22.0. The number of para-hydroxylation sites is 2. The zero-order valence-corrected chi connectivity index (χ0v) is 85.4. The summed E-state index contributed by atoms with van der Waals surface area (Å²) in [7, 11) is 0. The van der Waals surface area contributed by atoms with Crippen LogP contribution in [0.5, 0.6) is 0 Å². The number of benzene rings is 18. The Bertz CT molecular complexity index is 8440. The Morgan fingerprint density at radius 2 is 0.549 bits per heavy atom. The molecule has 1 atom stereocenters. The number of rotatable bonds is 25. The summed E-state index contributed by atoms with van der Waals surface area (Å²) in [5, 5.41) is 4.14. The van der Waals surface area contributed by atoms with Crippen LogP contribution in [0.1, 0.15) is 240 Å². The van der Waals surface area contributed by atoms with E-state index in [0.29, 0.717) is 0 Å². The van der Waals surface area contributed by atoms with Gasteiger partial charge in [0.1, 0.15) is 16.7 Å². The van der Waals surface area contributed by atoms with Crippen molar-refractivity contribution in [3.63, 3.8) is 0 Å². The van der Waals surface area contributed by atoms with Gasteiger partial charge in [0.2, 0.25) is 0 Å². The van der Waals surface area contributed by atoms with Crippen molar-refractivity contribution in [2.45, 2.75) is 205 Å². The number of hydrogen-bond acceptors (Lipinski definition) is 4. The molecule has 0 saturated heterocycles. The smallest absolute Gasteiger partial charge is 0.160 e. The molecule has 4 nitrogen and oxygen atoms in total. The lowest BCUT2D eigenvalue weighted by Crippen LogP contribution is -2.27. The van der Waals surface area contributed by atoms with E-state index in [1.165, 1.54) is 212 Å². The first-order chi connectivity index (χ1) is 70.1. The Labute approximate surface area is 850 Å². The minimum absolute atomic E-state index is 0.0197. The van der Waals surface area contributed by atoms with Crippen LogP contribution in [0.3, 0.4) is 0 Å². The fraction of sp³-hybridized carbons (Fsp3) is 0.229. The van der Waals surface area contributed by atoms with Gasteiger partial charge in [-0.15, -0.1) is 0 Å². The number of anilines is 6. The maximum atomic E-state index is 7.93. The Morgan fingerprint density at radius 3 is 0.993 bits per heavy atom. The third kappa shape index (κ3) is 14.5. The molecule has 20 aromatic rings. The lowest BCUT2D eigenvalue weighted by Gasteiger charge is -2.34. The van der Waals surface area contributed by atoms with Crippen LogP contribution in [-0.2, 0) is 32.5 Å². The summed E-state index contributed by atoms with van der Waals surface area (Å²) in [6.45, 7) is 28.4. The van der Waals surface area contributed by atoms with Gasteiger partial charge in [0.15, 0.2) is 5.58 Å². The van der Waals surface area contributed by atoms with Crippen molar-refractivity contribution in [2.75, 3.05) is 9.80 Å². The Hall–Kier alpha value is -14.8. The van der Waals surface area contributed by atoms with Gasteiger partial charge in [0, 0.05) is 66.3 Å². The van der Waals surface area contributed by atoms with E-state index in [9.17, 15) is 0 Å². The topological polar surface area (TPSA) is 32.8 Å². The summed E-state index contributed by atoms with van der Waals surface area (Å²) in [6, 6.07) is 145. The van der Waals surface area contributed by atoms with Gasteiger partial charge in [-0.1, -0.05) is 427 Å².